The normalized spacial score (nSPS) is 12.9. The molecule has 23 heavy (non-hydrogen) atoms. The third-order valence-electron chi connectivity index (χ3n) is 3.41. The lowest BCUT2D eigenvalue weighted by atomic mass is 10.1. The van der Waals surface area contributed by atoms with E-state index in [0.29, 0.717) is 22.7 Å². The molecule has 1 aliphatic rings. The number of sulfonamides is 1. The van der Waals surface area contributed by atoms with Crippen molar-refractivity contribution in [3.63, 3.8) is 0 Å². The maximum absolute atomic E-state index is 12.5. The number of aryl methyl sites for hydroxylation is 1. The summed E-state index contributed by atoms with van der Waals surface area (Å²) in [5, 5.41) is 0. The number of ether oxygens (including phenoxy) is 2. The number of carbonyl (C=O) groups is 1. The van der Waals surface area contributed by atoms with Gasteiger partial charge in [-0.15, -0.1) is 0 Å². The Morgan fingerprint density at radius 1 is 1.13 bits per heavy atom. The highest BCUT2D eigenvalue weighted by Crippen LogP contribution is 2.34. The van der Waals surface area contributed by atoms with Crippen molar-refractivity contribution >= 4 is 21.6 Å². The zero-order valence-corrected chi connectivity index (χ0v) is 13.0. The number of rotatable bonds is 4. The van der Waals surface area contributed by atoms with E-state index in [1.54, 1.807) is 19.1 Å². The van der Waals surface area contributed by atoms with Gasteiger partial charge in [-0.25, -0.2) is 8.42 Å². The quantitative estimate of drug-likeness (QED) is 0.883. The van der Waals surface area contributed by atoms with E-state index in [2.05, 4.69) is 4.72 Å². The van der Waals surface area contributed by atoms with Gasteiger partial charge in [0.25, 0.3) is 10.0 Å². The van der Waals surface area contributed by atoms with E-state index in [0.717, 1.165) is 0 Å². The minimum atomic E-state index is -3.86. The fraction of sp³-hybridized carbons (Fsp3) is 0.133. The van der Waals surface area contributed by atoms with E-state index in [1.807, 2.05) is 0 Å². The summed E-state index contributed by atoms with van der Waals surface area (Å²) in [5.74, 6) is 0.342. The van der Waals surface area contributed by atoms with Gasteiger partial charge in [0, 0.05) is 11.6 Å². The molecule has 0 aliphatic carbocycles. The molecule has 0 spiro atoms. The third kappa shape index (κ3) is 2.93. The van der Waals surface area contributed by atoms with Crippen molar-refractivity contribution in [1.29, 1.82) is 0 Å². The van der Waals surface area contributed by atoms with Gasteiger partial charge < -0.3 is 15.2 Å². The van der Waals surface area contributed by atoms with Crippen molar-refractivity contribution in [2.75, 3.05) is 11.5 Å². The lowest BCUT2D eigenvalue weighted by Gasteiger charge is -2.10. The summed E-state index contributed by atoms with van der Waals surface area (Å²) in [7, 11) is -3.86. The Bertz CT molecular complexity index is 893. The molecule has 0 unspecified atom stereocenters. The minimum Gasteiger partial charge on any atom is -0.454 e. The highest BCUT2D eigenvalue weighted by molar-refractivity contribution is 7.92. The molecule has 0 bridgehead atoms. The molecule has 2 aromatic carbocycles. The molecule has 1 amide bonds. The SMILES string of the molecule is Cc1ccc(S(=O)(=O)Nc2ccc3c(c2)OCO3)cc1C(N)=O. The maximum Gasteiger partial charge on any atom is 0.261 e. The predicted molar refractivity (Wildman–Crippen MR) is 83.1 cm³/mol. The number of hydrogen-bond acceptors (Lipinski definition) is 5. The molecular formula is C15H14N2O5S. The van der Waals surface area contributed by atoms with Crippen molar-refractivity contribution in [2.24, 2.45) is 5.73 Å². The van der Waals surface area contributed by atoms with Gasteiger partial charge in [0.2, 0.25) is 12.7 Å². The van der Waals surface area contributed by atoms with Crippen LogP contribution < -0.4 is 19.9 Å². The van der Waals surface area contributed by atoms with Gasteiger partial charge in [-0.3, -0.25) is 9.52 Å². The molecule has 3 N–H and O–H groups in total. The second-order valence-corrected chi connectivity index (χ2v) is 6.70. The van der Waals surface area contributed by atoms with E-state index >= 15 is 0 Å². The molecule has 7 nitrogen and oxygen atoms in total. The van der Waals surface area contributed by atoms with Gasteiger partial charge in [-0.05, 0) is 36.8 Å². The number of fused-ring (bicyclic) bond motifs is 1. The van der Waals surface area contributed by atoms with Crippen LogP contribution in [0.1, 0.15) is 15.9 Å². The molecule has 0 fully saturated rings. The molecule has 0 saturated heterocycles. The van der Waals surface area contributed by atoms with Crippen LogP contribution in [-0.4, -0.2) is 21.1 Å². The Labute approximate surface area is 133 Å². The predicted octanol–water partition coefficient (Wildman–Crippen LogP) is 1.62. The van der Waals surface area contributed by atoms with Gasteiger partial charge in [0.1, 0.15) is 0 Å². The van der Waals surface area contributed by atoms with E-state index < -0.39 is 15.9 Å². The molecule has 3 rings (SSSR count). The Balaban J connectivity index is 1.93. The van der Waals surface area contributed by atoms with Crippen LogP contribution >= 0.6 is 0 Å². The van der Waals surface area contributed by atoms with Crippen LogP contribution in [0, 0.1) is 6.92 Å². The van der Waals surface area contributed by atoms with E-state index in [1.165, 1.54) is 24.3 Å². The molecule has 120 valence electrons. The summed E-state index contributed by atoms with van der Waals surface area (Å²) >= 11 is 0. The van der Waals surface area contributed by atoms with Crippen LogP contribution in [0.4, 0.5) is 5.69 Å². The molecule has 1 aliphatic heterocycles. The summed E-state index contributed by atoms with van der Waals surface area (Å²) in [6.45, 7) is 1.78. The molecule has 0 radical (unpaired) electrons. The van der Waals surface area contributed by atoms with Gasteiger partial charge in [0.15, 0.2) is 11.5 Å². The lowest BCUT2D eigenvalue weighted by molar-refractivity contribution is 0.0999. The Morgan fingerprint density at radius 3 is 2.61 bits per heavy atom. The average Bonchev–Trinajstić information content (AvgIpc) is 2.94. The van der Waals surface area contributed by atoms with Crippen LogP contribution in [0.15, 0.2) is 41.3 Å². The molecule has 8 heteroatoms. The van der Waals surface area contributed by atoms with Crippen LogP contribution in [0.3, 0.4) is 0 Å². The first-order chi connectivity index (χ1) is 10.9. The van der Waals surface area contributed by atoms with E-state index in [-0.39, 0.29) is 17.3 Å². The zero-order valence-electron chi connectivity index (χ0n) is 12.2. The molecule has 0 saturated carbocycles. The number of nitrogens with two attached hydrogens (primary N) is 1. The zero-order chi connectivity index (χ0) is 16.6. The van der Waals surface area contributed by atoms with Crippen LogP contribution in [0.25, 0.3) is 0 Å². The number of amides is 1. The second kappa shape index (κ2) is 5.47. The summed E-state index contributed by atoms with van der Waals surface area (Å²) in [6, 6.07) is 8.92. The minimum absolute atomic E-state index is 0.0467. The topological polar surface area (TPSA) is 108 Å². The Morgan fingerprint density at radius 2 is 1.87 bits per heavy atom. The van der Waals surface area contributed by atoms with Crippen molar-refractivity contribution in [3.05, 3.63) is 47.5 Å². The van der Waals surface area contributed by atoms with Gasteiger partial charge in [0.05, 0.1) is 10.6 Å². The first-order valence-corrected chi connectivity index (χ1v) is 8.18. The summed E-state index contributed by atoms with van der Waals surface area (Å²) in [4.78, 5) is 11.3. The fourth-order valence-electron chi connectivity index (χ4n) is 2.21. The number of hydrogen-bond donors (Lipinski definition) is 2. The van der Waals surface area contributed by atoms with E-state index in [4.69, 9.17) is 15.2 Å². The van der Waals surface area contributed by atoms with Crippen molar-refractivity contribution < 1.29 is 22.7 Å². The molecule has 0 atom stereocenters. The standard InChI is InChI=1S/C15H14N2O5S/c1-9-2-4-11(7-12(9)15(16)18)23(19,20)17-10-3-5-13-14(6-10)22-8-21-13/h2-7,17H,8H2,1H3,(H2,16,18). The number of carbonyl (C=O) groups excluding carboxylic acids is 1. The first kappa shape index (κ1) is 15.2. The van der Waals surface area contributed by atoms with E-state index in [9.17, 15) is 13.2 Å². The van der Waals surface area contributed by atoms with Gasteiger partial charge in [-0.2, -0.15) is 0 Å². The maximum atomic E-state index is 12.5. The number of anilines is 1. The summed E-state index contributed by atoms with van der Waals surface area (Å²) < 4.78 is 37.7. The highest BCUT2D eigenvalue weighted by Gasteiger charge is 2.19. The lowest BCUT2D eigenvalue weighted by Crippen LogP contribution is -2.17. The van der Waals surface area contributed by atoms with Crippen LogP contribution in [-0.2, 0) is 10.0 Å². The van der Waals surface area contributed by atoms with Crippen LogP contribution in [0.2, 0.25) is 0 Å². The largest absolute Gasteiger partial charge is 0.454 e. The Hall–Kier alpha value is -2.74. The molecule has 1 heterocycles. The van der Waals surface area contributed by atoms with Crippen LogP contribution in [0.5, 0.6) is 11.5 Å². The molecule has 0 aromatic heterocycles. The Kier molecular flexibility index (Phi) is 3.61. The number of primary amides is 1. The van der Waals surface area contributed by atoms with Crippen molar-refractivity contribution in [3.8, 4) is 11.5 Å². The molecular weight excluding hydrogens is 320 g/mol. The smallest absolute Gasteiger partial charge is 0.261 e. The number of nitrogens with one attached hydrogen (secondary N) is 1. The second-order valence-electron chi connectivity index (χ2n) is 5.01. The van der Waals surface area contributed by atoms with Gasteiger partial charge in [-0.1, -0.05) is 6.07 Å². The average molecular weight is 334 g/mol. The third-order valence-corrected chi connectivity index (χ3v) is 4.79. The van der Waals surface area contributed by atoms with Crippen molar-refractivity contribution in [2.45, 2.75) is 11.8 Å². The fourth-order valence-corrected chi connectivity index (χ4v) is 3.28. The monoisotopic (exact) mass is 334 g/mol. The van der Waals surface area contributed by atoms with Gasteiger partial charge >= 0.3 is 0 Å². The summed E-state index contributed by atoms with van der Waals surface area (Å²) in [5.41, 5.74) is 6.36. The first-order valence-electron chi connectivity index (χ1n) is 6.70. The highest BCUT2D eigenvalue weighted by atomic mass is 32.2. The van der Waals surface area contributed by atoms with Crippen molar-refractivity contribution in [1.82, 2.24) is 0 Å². The number of benzene rings is 2. The molecule has 2 aromatic rings. The summed E-state index contributed by atoms with van der Waals surface area (Å²) in [6.07, 6.45) is 0.